The maximum Gasteiger partial charge on any atom is 0.354 e. The molecule has 5 rings (SSSR count). The third kappa shape index (κ3) is 2.19. The van der Waals surface area contributed by atoms with Crippen LogP contribution in [0.3, 0.4) is 0 Å². The molecule has 2 aliphatic carbocycles. The molecule has 1 unspecified atom stereocenters. The Balaban J connectivity index is 1.55. The summed E-state index contributed by atoms with van der Waals surface area (Å²) in [6.07, 6.45) is 3.65. The van der Waals surface area contributed by atoms with Gasteiger partial charge < -0.3 is 14.7 Å². The van der Waals surface area contributed by atoms with Crippen molar-refractivity contribution in [2.24, 2.45) is 22.4 Å². The topological polar surface area (TPSA) is 85.2 Å². The minimum absolute atomic E-state index is 0.165. The van der Waals surface area contributed by atoms with Gasteiger partial charge in [-0.3, -0.25) is 4.79 Å². The number of carbonyl (C=O) groups excluding carboxylic acids is 2. The van der Waals surface area contributed by atoms with E-state index in [2.05, 4.69) is 5.16 Å². The van der Waals surface area contributed by atoms with E-state index in [4.69, 9.17) is 21.2 Å². The molecular weight excluding hydrogens is 394 g/mol. The van der Waals surface area contributed by atoms with E-state index in [1.807, 2.05) is 25.1 Å². The van der Waals surface area contributed by atoms with Crippen LogP contribution in [-0.2, 0) is 19.2 Å². The number of nitrogens with zero attached hydrogens (tertiary/aromatic N) is 1. The van der Waals surface area contributed by atoms with Crippen molar-refractivity contribution >= 4 is 29.1 Å². The SMILES string of the molecule is C[C@H]1CC[C@@H]2[C@@H](OC(=O)C23CC(c2ccccc2Cl)=NO3)[C@]2(C)C(=O)C=C[C@@]12O. The van der Waals surface area contributed by atoms with Gasteiger partial charge in [0.1, 0.15) is 17.1 Å². The molecule has 6 nitrogen and oxygen atoms in total. The zero-order chi connectivity index (χ0) is 20.6. The Morgan fingerprint density at radius 3 is 2.76 bits per heavy atom. The van der Waals surface area contributed by atoms with Gasteiger partial charge >= 0.3 is 5.97 Å². The molecule has 2 aliphatic heterocycles. The minimum Gasteiger partial charge on any atom is -0.458 e. The third-order valence-corrected chi connectivity index (χ3v) is 7.87. The van der Waals surface area contributed by atoms with Gasteiger partial charge in [-0.1, -0.05) is 41.9 Å². The lowest BCUT2D eigenvalue weighted by Crippen LogP contribution is -2.57. The highest BCUT2D eigenvalue weighted by atomic mass is 35.5. The molecule has 2 fully saturated rings. The van der Waals surface area contributed by atoms with Gasteiger partial charge in [-0.05, 0) is 43.9 Å². The number of ether oxygens (including phenoxy) is 1. The number of hydrogen-bond donors (Lipinski definition) is 1. The lowest BCUT2D eigenvalue weighted by molar-refractivity contribution is -0.169. The number of allylic oxidation sites excluding steroid dienone is 1. The summed E-state index contributed by atoms with van der Waals surface area (Å²) in [5, 5.41) is 16.2. The number of esters is 1. The lowest BCUT2D eigenvalue weighted by atomic mass is 9.63. The molecule has 1 saturated heterocycles. The van der Waals surface area contributed by atoms with Crippen molar-refractivity contribution in [3.05, 3.63) is 47.0 Å². The van der Waals surface area contributed by atoms with Gasteiger partial charge in [0, 0.05) is 17.0 Å². The largest absolute Gasteiger partial charge is 0.458 e. The van der Waals surface area contributed by atoms with Crippen LogP contribution in [0.4, 0.5) is 0 Å². The van der Waals surface area contributed by atoms with E-state index in [0.717, 1.165) is 0 Å². The van der Waals surface area contributed by atoms with Crippen LogP contribution in [0.15, 0.2) is 41.6 Å². The molecule has 1 spiro atoms. The molecule has 152 valence electrons. The normalized spacial score (nSPS) is 42.9. The van der Waals surface area contributed by atoms with Crippen molar-refractivity contribution in [3.8, 4) is 0 Å². The fourth-order valence-electron chi connectivity index (χ4n) is 5.64. The number of ketones is 1. The quantitative estimate of drug-likeness (QED) is 0.712. The van der Waals surface area contributed by atoms with Crippen LogP contribution >= 0.6 is 11.6 Å². The molecule has 1 aromatic rings. The average Bonchev–Trinajstić information content (AvgIpc) is 3.31. The second-order valence-electron chi connectivity index (χ2n) is 8.81. The number of carbonyl (C=O) groups is 2. The Morgan fingerprint density at radius 1 is 1.24 bits per heavy atom. The molecule has 29 heavy (non-hydrogen) atoms. The Labute approximate surface area is 173 Å². The molecule has 0 bridgehead atoms. The summed E-state index contributed by atoms with van der Waals surface area (Å²) < 4.78 is 5.81. The highest BCUT2D eigenvalue weighted by Crippen LogP contribution is 2.59. The summed E-state index contributed by atoms with van der Waals surface area (Å²) in [6, 6.07) is 7.27. The second-order valence-corrected chi connectivity index (χ2v) is 9.22. The Kier molecular flexibility index (Phi) is 3.84. The molecule has 7 heteroatoms. The summed E-state index contributed by atoms with van der Waals surface area (Å²) >= 11 is 6.31. The van der Waals surface area contributed by atoms with E-state index in [9.17, 15) is 14.7 Å². The molecule has 0 amide bonds. The van der Waals surface area contributed by atoms with Gasteiger partial charge in [0.2, 0.25) is 5.60 Å². The van der Waals surface area contributed by atoms with E-state index in [0.29, 0.717) is 29.1 Å². The minimum atomic E-state index is -1.36. The van der Waals surface area contributed by atoms with Gasteiger partial charge in [-0.15, -0.1) is 0 Å². The van der Waals surface area contributed by atoms with Crippen molar-refractivity contribution < 1.29 is 24.3 Å². The zero-order valence-electron chi connectivity index (χ0n) is 16.2. The number of oxime groups is 1. The van der Waals surface area contributed by atoms with Crippen molar-refractivity contribution in [2.75, 3.05) is 0 Å². The fraction of sp³-hybridized carbons (Fsp3) is 0.500. The number of aliphatic hydroxyl groups is 1. The van der Waals surface area contributed by atoms with Crippen molar-refractivity contribution in [1.29, 1.82) is 0 Å². The van der Waals surface area contributed by atoms with E-state index in [1.54, 1.807) is 19.1 Å². The number of benzene rings is 1. The first-order chi connectivity index (χ1) is 13.7. The van der Waals surface area contributed by atoms with Crippen LogP contribution in [0.5, 0.6) is 0 Å². The lowest BCUT2D eigenvalue weighted by Gasteiger charge is -2.43. The molecule has 2 heterocycles. The van der Waals surface area contributed by atoms with Crippen LogP contribution in [0.25, 0.3) is 0 Å². The maximum absolute atomic E-state index is 13.1. The third-order valence-electron chi connectivity index (χ3n) is 7.54. The fourth-order valence-corrected chi connectivity index (χ4v) is 5.88. The predicted octanol–water partition coefficient (Wildman–Crippen LogP) is 3.05. The van der Waals surface area contributed by atoms with Crippen LogP contribution in [0.2, 0.25) is 5.02 Å². The van der Waals surface area contributed by atoms with E-state index >= 15 is 0 Å². The Bertz CT molecular complexity index is 989. The smallest absolute Gasteiger partial charge is 0.354 e. The molecule has 4 aliphatic rings. The van der Waals surface area contributed by atoms with Gasteiger partial charge in [0.25, 0.3) is 0 Å². The van der Waals surface area contributed by atoms with Crippen molar-refractivity contribution in [2.45, 2.75) is 50.4 Å². The predicted molar refractivity (Wildman–Crippen MR) is 105 cm³/mol. The van der Waals surface area contributed by atoms with Crippen LogP contribution in [0, 0.1) is 17.3 Å². The molecule has 1 aromatic carbocycles. The summed E-state index contributed by atoms with van der Waals surface area (Å²) in [6.45, 7) is 3.63. The number of rotatable bonds is 1. The Morgan fingerprint density at radius 2 is 2.00 bits per heavy atom. The van der Waals surface area contributed by atoms with Gasteiger partial charge in [-0.25, -0.2) is 4.79 Å². The Hall–Kier alpha value is -2.18. The number of hydrogen-bond acceptors (Lipinski definition) is 6. The number of fused-ring (bicyclic) bond motifs is 4. The molecule has 0 radical (unpaired) electrons. The molecule has 0 aromatic heterocycles. The molecular formula is C22H22ClNO5. The van der Waals surface area contributed by atoms with E-state index in [1.165, 1.54) is 6.08 Å². The standard InChI is InChI=1S/C22H22ClNO5/c1-12-7-8-14-18(20(2)17(25)9-10-22(12,20)27)28-19(26)21(14)11-16(24-29-21)13-5-3-4-6-15(13)23/h3-6,9-10,12,14,18,27H,7-8,11H2,1-2H3/t12-,14+,18+,20-,21?,22+/m0/s1. The average molecular weight is 416 g/mol. The zero-order valence-corrected chi connectivity index (χ0v) is 17.0. The summed E-state index contributed by atoms with van der Waals surface area (Å²) in [5.74, 6) is -1.32. The monoisotopic (exact) mass is 415 g/mol. The number of halogens is 1. The van der Waals surface area contributed by atoms with Gasteiger partial charge in [0.15, 0.2) is 5.78 Å². The first kappa shape index (κ1) is 18.8. The van der Waals surface area contributed by atoms with Crippen LogP contribution < -0.4 is 0 Å². The van der Waals surface area contributed by atoms with Gasteiger partial charge in [0.05, 0.1) is 11.6 Å². The van der Waals surface area contributed by atoms with Crippen molar-refractivity contribution in [3.63, 3.8) is 0 Å². The van der Waals surface area contributed by atoms with Gasteiger partial charge in [-0.2, -0.15) is 0 Å². The molecule has 6 atom stereocenters. The summed E-state index contributed by atoms with van der Waals surface area (Å²) in [4.78, 5) is 31.8. The maximum atomic E-state index is 13.1. The molecule has 1 N–H and O–H groups in total. The summed E-state index contributed by atoms with van der Waals surface area (Å²) in [5.41, 5.74) is -2.60. The highest BCUT2D eigenvalue weighted by molar-refractivity contribution is 6.34. The highest BCUT2D eigenvalue weighted by Gasteiger charge is 2.73. The van der Waals surface area contributed by atoms with E-state index < -0.39 is 34.6 Å². The van der Waals surface area contributed by atoms with Crippen LogP contribution in [0.1, 0.15) is 38.7 Å². The molecule has 1 saturated carbocycles. The first-order valence-corrected chi connectivity index (χ1v) is 10.3. The van der Waals surface area contributed by atoms with E-state index in [-0.39, 0.29) is 18.1 Å². The van der Waals surface area contributed by atoms with Crippen LogP contribution in [-0.4, -0.2) is 39.9 Å². The second kappa shape index (κ2) is 5.92. The van der Waals surface area contributed by atoms with Crippen molar-refractivity contribution in [1.82, 2.24) is 0 Å². The first-order valence-electron chi connectivity index (χ1n) is 9.91. The summed E-state index contributed by atoms with van der Waals surface area (Å²) in [7, 11) is 0.